The van der Waals surface area contributed by atoms with Crippen LogP contribution in [0.5, 0.6) is 5.75 Å². The van der Waals surface area contributed by atoms with E-state index in [4.69, 9.17) is 9.47 Å². The van der Waals surface area contributed by atoms with Crippen LogP contribution in [0.4, 0.5) is 0 Å². The third-order valence-corrected chi connectivity index (χ3v) is 3.09. The van der Waals surface area contributed by atoms with Crippen molar-refractivity contribution in [3.8, 4) is 5.75 Å². The zero-order valence-electron chi connectivity index (χ0n) is 12.9. The highest BCUT2D eigenvalue weighted by molar-refractivity contribution is 5.83. The Labute approximate surface area is 135 Å². The highest BCUT2D eigenvalue weighted by atomic mass is 16.6. The van der Waals surface area contributed by atoms with Crippen LogP contribution in [0, 0.1) is 0 Å². The van der Waals surface area contributed by atoms with Gasteiger partial charge in [0, 0.05) is 6.54 Å². The average Bonchev–Trinajstić information content (AvgIpc) is 2.59. The number of nitrogens with one attached hydrogen (secondary N) is 1. The van der Waals surface area contributed by atoms with Crippen LogP contribution in [-0.2, 0) is 20.9 Å². The quantitative estimate of drug-likeness (QED) is 0.797. The number of esters is 1. The van der Waals surface area contributed by atoms with E-state index in [1.165, 1.54) is 6.92 Å². The summed E-state index contributed by atoms with van der Waals surface area (Å²) in [4.78, 5) is 23.6. The molecule has 0 heterocycles. The van der Waals surface area contributed by atoms with Gasteiger partial charge >= 0.3 is 5.97 Å². The minimum atomic E-state index is -0.870. The SMILES string of the molecule is C[C@H](OC(=O)COc1ccccc1)C(=O)NCc1ccccc1. The zero-order valence-corrected chi connectivity index (χ0v) is 12.9. The fourth-order valence-electron chi connectivity index (χ4n) is 1.87. The molecule has 0 aliphatic rings. The fraction of sp³-hybridized carbons (Fsp3) is 0.222. The molecule has 0 aromatic heterocycles. The average molecular weight is 313 g/mol. The lowest BCUT2D eigenvalue weighted by Gasteiger charge is -2.14. The lowest BCUT2D eigenvalue weighted by atomic mass is 10.2. The molecule has 5 heteroatoms. The first-order valence-corrected chi connectivity index (χ1v) is 7.34. The highest BCUT2D eigenvalue weighted by Crippen LogP contribution is 2.08. The van der Waals surface area contributed by atoms with Gasteiger partial charge in [0.05, 0.1) is 0 Å². The smallest absolute Gasteiger partial charge is 0.344 e. The zero-order chi connectivity index (χ0) is 16.5. The van der Waals surface area contributed by atoms with Crippen LogP contribution in [0.2, 0.25) is 0 Å². The van der Waals surface area contributed by atoms with Crippen molar-refractivity contribution in [2.45, 2.75) is 19.6 Å². The third-order valence-electron chi connectivity index (χ3n) is 3.09. The molecule has 0 aliphatic carbocycles. The van der Waals surface area contributed by atoms with Crippen LogP contribution in [0.1, 0.15) is 12.5 Å². The van der Waals surface area contributed by atoms with E-state index in [-0.39, 0.29) is 12.5 Å². The summed E-state index contributed by atoms with van der Waals surface area (Å²) in [6.45, 7) is 1.68. The predicted octanol–water partition coefficient (Wildman–Crippen LogP) is 2.31. The number of benzene rings is 2. The van der Waals surface area contributed by atoms with Crippen LogP contribution in [0.25, 0.3) is 0 Å². The summed E-state index contributed by atoms with van der Waals surface area (Å²) in [6.07, 6.45) is -0.870. The number of carbonyl (C=O) groups is 2. The van der Waals surface area contributed by atoms with Gasteiger partial charge in [-0.3, -0.25) is 4.79 Å². The van der Waals surface area contributed by atoms with Gasteiger partial charge in [-0.1, -0.05) is 48.5 Å². The van der Waals surface area contributed by atoms with Crippen molar-refractivity contribution in [2.24, 2.45) is 0 Å². The topological polar surface area (TPSA) is 64.6 Å². The van der Waals surface area contributed by atoms with Crippen LogP contribution >= 0.6 is 0 Å². The molecule has 1 atom stereocenters. The first-order valence-electron chi connectivity index (χ1n) is 7.34. The van der Waals surface area contributed by atoms with Crippen molar-refractivity contribution in [1.29, 1.82) is 0 Å². The summed E-state index contributed by atoms with van der Waals surface area (Å²) in [5, 5.41) is 2.72. The van der Waals surface area contributed by atoms with Crippen LogP contribution in [0.3, 0.4) is 0 Å². The van der Waals surface area contributed by atoms with Gasteiger partial charge in [-0.05, 0) is 24.6 Å². The Kier molecular flexibility index (Phi) is 6.17. The highest BCUT2D eigenvalue weighted by Gasteiger charge is 2.17. The lowest BCUT2D eigenvalue weighted by Crippen LogP contribution is -2.36. The molecule has 0 bridgehead atoms. The summed E-state index contributed by atoms with van der Waals surface area (Å²) < 4.78 is 10.3. The van der Waals surface area contributed by atoms with Crippen molar-refractivity contribution in [3.05, 3.63) is 66.2 Å². The number of carbonyl (C=O) groups excluding carboxylic acids is 2. The first-order chi connectivity index (χ1) is 11.1. The Hall–Kier alpha value is -2.82. The van der Waals surface area contributed by atoms with E-state index >= 15 is 0 Å². The van der Waals surface area contributed by atoms with E-state index in [0.29, 0.717) is 12.3 Å². The number of para-hydroxylation sites is 1. The van der Waals surface area contributed by atoms with Gasteiger partial charge < -0.3 is 14.8 Å². The van der Waals surface area contributed by atoms with Crippen LogP contribution < -0.4 is 10.1 Å². The second-order valence-electron chi connectivity index (χ2n) is 4.94. The van der Waals surface area contributed by atoms with E-state index in [0.717, 1.165) is 5.56 Å². The molecule has 23 heavy (non-hydrogen) atoms. The minimum absolute atomic E-state index is 0.236. The molecular weight excluding hydrogens is 294 g/mol. The summed E-state index contributed by atoms with van der Waals surface area (Å²) >= 11 is 0. The molecule has 0 saturated carbocycles. The molecule has 0 radical (unpaired) electrons. The Bertz CT molecular complexity index is 628. The molecule has 0 spiro atoms. The van der Waals surface area contributed by atoms with Crippen molar-refractivity contribution in [2.75, 3.05) is 6.61 Å². The maximum absolute atomic E-state index is 11.9. The van der Waals surface area contributed by atoms with Crippen molar-refractivity contribution in [3.63, 3.8) is 0 Å². The normalized spacial score (nSPS) is 11.3. The van der Waals surface area contributed by atoms with Crippen LogP contribution in [-0.4, -0.2) is 24.6 Å². The first kappa shape index (κ1) is 16.5. The largest absolute Gasteiger partial charge is 0.482 e. The number of hydrogen-bond acceptors (Lipinski definition) is 4. The Morgan fingerprint density at radius 3 is 2.26 bits per heavy atom. The van der Waals surface area contributed by atoms with E-state index in [1.807, 2.05) is 36.4 Å². The molecule has 2 aromatic rings. The van der Waals surface area contributed by atoms with Crippen molar-refractivity contribution < 1.29 is 19.1 Å². The molecule has 0 unspecified atom stereocenters. The molecule has 2 rings (SSSR count). The maximum Gasteiger partial charge on any atom is 0.344 e. The van der Waals surface area contributed by atoms with E-state index < -0.39 is 12.1 Å². The Balaban J connectivity index is 1.71. The maximum atomic E-state index is 11.9. The number of hydrogen-bond donors (Lipinski definition) is 1. The van der Waals surface area contributed by atoms with Crippen LogP contribution in [0.15, 0.2) is 60.7 Å². The van der Waals surface area contributed by atoms with Gasteiger partial charge in [0.25, 0.3) is 5.91 Å². The molecule has 0 saturated heterocycles. The number of amides is 1. The summed E-state index contributed by atoms with van der Waals surface area (Å²) in [5.74, 6) is -0.358. The van der Waals surface area contributed by atoms with Gasteiger partial charge in [-0.25, -0.2) is 4.79 Å². The summed E-state index contributed by atoms with van der Waals surface area (Å²) in [7, 11) is 0. The van der Waals surface area contributed by atoms with Crippen molar-refractivity contribution in [1.82, 2.24) is 5.32 Å². The minimum Gasteiger partial charge on any atom is -0.482 e. The summed E-state index contributed by atoms with van der Waals surface area (Å²) in [6, 6.07) is 18.5. The Morgan fingerprint density at radius 1 is 1.00 bits per heavy atom. The molecule has 0 fully saturated rings. The summed E-state index contributed by atoms with van der Waals surface area (Å²) in [5.41, 5.74) is 0.979. The number of ether oxygens (including phenoxy) is 2. The fourth-order valence-corrected chi connectivity index (χ4v) is 1.87. The molecule has 1 amide bonds. The molecular formula is C18H19NO4. The molecule has 5 nitrogen and oxygen atoms in total. The van der Waals surface area contributed by atoms with Gasteiger partial charge in [-0.15, -0.1) is 0 Å². The molecule has 120 valence electrons. The van der Waals surface area contributed by atoms with Gasteiger partial charge in [0.1, 0.15) is 5.75 Å². The van der Waals surface area contributed by atoms with Gasteiger partial charge in [-0.2, -0.15) is 0 Å². The van der Waals surface area contributed by atoms with Gasteiger partial charge in [0.2, 0.25) is 0 Å². The molecule has 0 aliphatic heterocycles. The van der Waals surface area contributed by atoms with Gasteiger partial charge in [0.15, 0.2) is 12.7 Å². The second-order valence-corrected chi connectivity index (χ2v) is 4.94. The predicted molar refractivity (Wildman–Crippen MR) is 85.8 cm³/mol. The second kappa shape index (κ2) is 8.58. The number of rotatable bonds is 7. The van der Waals surface area contributed by atoms with Crippen molar-refractivity contribution >= 4 is 11.9 Å². The van der Waals surface area contributed by atoms with E-state index in [9.17, 15) is 9.59 Å². The lowest BCUT2D eigenvalue weighted by molar-refractivity contribution is -0.156. The molecule has 2 aromatic carbocycles. The van der Waals surface area contributed by atoms with E-state index in [1.54, 1.807) is 24.3 Å². The monoisotopic (exact) mass is 313 g/mol. The molecule has 1 N–H and O–H groups in total. The van der Waals surface area contributed by atoms with E-state index in [2.05, 4.69) is 5.32 Å². The Morgan fingerprint density at radius 2 is 1.61 bits per heavy atom. The third kappa shape index (κ3) is 5.82. The standard InChI is InChI=1S/C18H19NO4/c1-14(18(21)19-12-15-8-4-2-5-9-15)23-17(20)13-22-16-10-6-3-7-11-16/h2-11,14H,12-13H2,1H3,(H,19,21)/t14-/m0/s1.